The zero-order valence-electron chi connectivity index (χ0n) is 18.7. The average molecular weight is 433 g/mol. The number of hydrogen-bond donors (Lipinski definition) is 0. The Morgan fingerprint density at radius 2 is 1.43 bits per heavy atom. The summed E-state index contributed by atoms with van der Waals surface area (Å²) in [7, 11) is 2.20. The van der Waals surface area contributed by atoms with Gasteiger partial charge in [0.1, 0.15) is 0 Å². The van der Waals surface area contributed by atoms with Gasteiger partial charge in [0.05, 0.1) is 0 Å². The molecule has 1 aromatic heterocycles. The molecule has 0 saturated carbocycles. The third-order valence-electron chi connectivity index (χ3n) is 5.67. The summed E-state index contributed by atoms with van der Waals surface area (Å²) in [6, 6.07) is 18.0. The molecule has 0 amide bonds. The molecular weight excluding hydrogens is 399 g/mol. The Labute approximate surface area is 173 Å². The normalized spacial score (nSPS) is 11.9. The van der Waals surface area contributed by atoms with Crippen molar-refractivity contribution in [3.63, 3.8) is 0 Å². The van der Waals surface area contributed by atoms with Crippen molar-refractivity contribution in [1.82, 2.24) is 0 Å². The maximum absolute atomic E-state index is 2.50. The average Bonchev–Trinajstić information content (AvgIpc) is 2.61. The van der Waals surface area contributed by atoms with E-state index in [1.165, 1.54) is 39.1 Å². The number of benzene rings is 2. The predicted octanol–water partition coefficient (Wildman–Crippen LogP) is 6.13. The van der Waals surface area contributed by atoms with Crippen molar-refractivity contribution in [1.29, 1.82) is 0 Å². The summed E-state index contributed by atoms with van der Waals surface area (Å²) in [5.41, 5.74) is 9.49. The molecule has 1 heterocycles. The zero-order chi connectivity index (χ0) is 20.6. The van der Waals surface area contributed by atoms with Gasteiger partial charge in [0.2, 0.25) is 0 Å². The van der Waals surface area contributed by atoms with E-state index < -0.39 is 13.3 Å². The molecular formula is C26H34GeN+. The van der Waals surface area contributed by atoms with Crippen molar-refractivity contribution in [3.05, 3.63) is 71.4 Å². The van der Waals surface area contributed by atoms with Gasteiger partial charge >= 0.3 is 174 Å². The standard InChI is InChI=1S/C26H34GeN/c1-18(2)24-17-28(8)26(16-25(24)27(5,6)7)23-15-22(19(3)14-20(23)4)21-12-10-9-11-13-21/h9-18H,1-8H3/q+1. The van der Waals surface area contributed by atoms with Crippen molar-refractivity contribution in [2.24, 2.45) is 7.05 Å². The summed E-state index contributed by atoms with van der Waals surface area (Å²) in [6.45, 7) is 9.09. The molecule has 28 heavy (non-hydrogen) atoms. The SMILES string of the molecule is Cc1cc(C)c(-c2c[c]([Ge]([CH3])([CH3])[CH3])c(C(C)C)c[n+]2C)cc1-c1ccccc1. The first kappa shape index (κ1) is 20.9. The van der Waals surface area contributed by atoms with Gasteiger partial charge in [-0.2, -0.15) is 0 Å². The van der Waals surface area contributed by atoms with Crippen LogP contribution in [0.2, 0.25) is 17.3 Å². The number of rotatable bonds is 4. The summed E-state index contributed by atoms with van der Waals surface area (Å²) < 4.78 is 3.96. The van der Waals surface area contributed by atoms with E-state index in [0.29, 0.717) is 5.92 Å². The molecule has 146 valence electrons. The molecule has 3 aromatic rings. The molecule has 0 spiro atoms. The van der Waals surface area contributed by atoms with E-state index in [-0.39, 0.29) is 0 Å². The molecule has 2 aromatic carbocycles. The number of aromatic nitrogens is 1. The van der Waals surface area contributed by atoms with Gasteiger partial charge in [0.25, 0.3) is 0 Å². The van der Waals surface area contributed by atoms with Gasteiger partial charge < -0.3 is 0 Å². The summed E-state index contributed by atoms with van der Waals surface area (Å²) in [5, 5.41) is 0. The third-order valence-corrected chi connectivity index (χ3v) is 9.97. The van der Waals surface area contributed by atoms with Gasteiger partial charge in [-0.15, -0.1) is 0 Å². The Balaban J connectivity index is 2.27. The summed E-state index contributed by atoms with van der Waals surface area (Å²) in [4.78, 5) is 0. The van der Waals surface area contributed by atoms with Crippen LogP contribution in [0.25, 0.3) is 22.4 Å². The maximum atomic E-state index is 2.50. The van der Waals surface area contributed by atoms with E-state index in [4.69, 9.17) is 0 Å². The van der Waals surface area contributed by atoms with Crippen LogP contribution in [0.1, 0.15) is 36.5 Å². The van der Waals surface area contributed by atoms with Gasteiger partial charge in [-0.1, -0.05) is 0 Å². The van der Waals surface area contributed by atoms with E-state index in [2.05, 4.69) is 111 Å². The quantitative estimate of drug-likeness (QED) is 0.344. The van der Waals surface area contributed by atoms with Crippen LogP contribution < -0.4 is 8.96 Å². The second-order valence-corrected chi connectivity index (χ2v) is 20.0. The molecule has 0 aliphatic carbocycles. The topological polar surface area (TPSA) is 3.88 Å². The van der Waals surface area contributed by atoms with Crippen LogP contribution in [0.3, 0.4) is 0 Å². The summed E-state index contributed by atoms with van der Waals surface area (Å²) in [6.07, 6.45) is 2.38. The minimum absolute atomic E-state index is 0.555. The summed E-state index contributed by atoms with van der Waals surface area (Å²) in [5.74, 6) is 8.06. The molecule has 0 aliphatic heterocycles. The van der Waals surface area contributed by atoms with Crippen molar-refractivity contribution >= 4 is 17.7 Å². The van der Waals surface area contributed by atoms with Gasteiger partial charge in [0.15, 0.2) is 0 Å². The monoisotopic (exact) mass is 434 g/mol. The van der Waals surface area contributed by atoms with Gasteiger partial charge in [0, 0.05) is 0 Å². The van der Waals surface area contributed by atoms with Crippen LogP contribution in [0.15, 0.2) is 54.7 Å². The molecule has 2 heteroatoms. The van der Waals surface area contributed by atoms with E-state index >= 15 is 0 Å². The van der Waals surface area contributed by atoms with Crippen molar-refractivity contribution in [2.45, 2.75) is 50.9 Å². The fraction of sp³-hybridized carbons (Fsp3) is 0.346. The van der Waals surface area contributed by atoms with Crippen LogP contribution in [-0.2, 0) is 7.05 Å². The Morgan fingerprint density at radius 1 is 0.821 bits per heavy atom. The van der Waals surface area contributed by atoms with E-state index in [1.807, 2.05) is 0 Å². The Hall–Kier alpha value is -1.87. The second kappa shape index (κ2) is 7.87. The molecule has 0 radical (unpaired) electrons. The van der Waals surface area contributed by atoms with Crippen LogP contribution in [-0.4, -0.2) is 13.3 Å². The molecule has 0 fully saturated rings. The van der Waals surface area contributed by atoms with E-state index in [9.17, 15) is 0 Å². The summed E-state index contributed by atoms with van der Waals surface area (Å²) >= 11 is -1.99. The molecule has 1 nitrogen and oxygen atoms in total. The molecule has 0 N–H and O–H groups in total. The molecule has 0 bridgehead atoms. The van der Waals surface area contributed by atoms with E-state index in [1.54, 1.807) is 4.40 Å². The van der Waals surface area contributed by atoms with Crippen LogP contribution in [0, 0.1) is 13.8 Å². The predicted molar refractivity (Wildman–Crippen MR) is 125 cm³/mol. The zero-order valence-corrected chi connectivity index (χ0v) is 20.8. The fourth-order valence-electron chi connectivity index (χ4n) is 4.10. The van der Waals surface area contributed by atoms with E-state index in [0.717, 1.165) is 0 Å². The van der Waals surface area contributed by atoms with Crippen molar-refractivity contribution in [3.8, 4) is 22.4 Å². The number of pyridine rings is 1. The number of nitrogens with zero attached hydrogens (tertiary/aromatic N) is 1. The van der Waals surface area contributed by atoms with Crippen molar-refractivity contribution in [2.75, 3.05) is 0 Å². The molecule has 0 atom stereocenters. The minimum atomic E-state index is -1.99. The first-order valence-electron chi connectivity index (χ1n) is 10.3. The van der Waals surface area contributed by atoms with Crippen LogP contribution in [0.4, 0.5) is 0 Å². The second-order valence-electron chi connectivity index (χ2n) is 9.39. The van der Waals surface area contributed by atoms with Crippen LogP contribution >= 0.6 is 0 Å². The third kappa shape index (κ3) is 4.10. The molecule has 3 rings (SSSR count). The van der Waals surface area contributed by atoms with Gasteiger partial charge in [-0.05, 0) is 0 Å². The fourth-order valence-corrected chi connectivity index (χ4v) is 7.86. The Kier molecular flexibility index (Phi) is 5.86. The Morgan fingerprint density at radius 3 is 2.00 bits per heavy atom. The molecule has 0 aliphatic rings. The van der Waals surface area contributed by atoms with Gasteiger partial charge in [-0.25, -0.2) is 0 Å². The Bertz CT molecular complexity index is 995. The number of hydrogen-bond acceptors (Lipinski definition) is 0. The molecule has 0 saturated heterocycles. The van der Waals surface area contributed by atoms with Crippen molar-refractivity contribution < 1.29 is 4.57 Å². The molecule has 0 unspecified atom stereocenters. The first-order chi connectivity index (χ1) is 13.1. The first-order valence-corrected chi connectivity index (χ1v) is 17.6. The van der Waals surface area contributed by atoms with Gasteiger partial charge in [-0.3, -0.25) is 0 Å². The number of aryl methyl sites for hydroxylation is 3. The van der Waals surface area contributed by atoms with Crippen LogP contribution in [0.5, 0.6) is 0 Å².